The van der Waals surface area contributed by atoms with E-state index in [1.165, 1.54) is 19.1 Å². The molecule has 0 aliphatic carbocycles. The molecular formula is C16H15FN2O3S. The van der Waals surface area contributed by atoms with Crippen LogP contribution < -0.4 is 9.62 Å². The van der Waals surface area contributed by atoms with Crippen molar-refractivity contribution in [2.45, 2.75) is 18.2 Å². The first-order valence-electron chi connectivity index (χ1n) is 7.06. The lowest BCUT2D eigenvalue weighted by atomic mass is 10.1. The second-order valence-electron chi connectivity index (χ2n) is 5.32. The van der Waals surface area contributed by atoms with Gasteiger partial charge in [0.1, 0.15) is 5.82 Å². The fourth-order valence-corrected chi connectivity index (χ4v) is 3.67. The van der Waals surface area contributed by atoms with Gasteiger partial charge in [-0.15, -0.1) is 0 Å². The molecule has 1 heterocycles. The van der Waals surface area contributed by atoms with Crippen molar-refractivity contribution in [1.82, 2.24) is 0 Å². The SMILES string of the molecule is CC(=O)N1CCc2cc(NS(=O)(=O)c3ccc(F)cc3)ccc21. The number of carbonyl (C=O) groups excluding carboxylic acids is 1. The van der Waals surface area contributed by atoms with E-state index in [1.807, 2.05) is 0 Å². The predicted octanol–water partition coefficient (Wildman–Crippen LogP) is 2.54. The van der Waals surface area contributed by atoms with Gasteiger partial charge >= 0.3 is 0 Å². The molecule has 0 bridgehead atoms. The van der Waals surface area contributed by atoms with Gasteiger partial charge in [0.05, 0.1) is 4.90 Å². The zero-order chi connectivity index (χ0) is 16.6. The number of hydrogen-bond donors (Lipinski definition) is 1. The lowest BCUT2D eigenvalue weighted by Gasteiger charge is -2.15. The summed E-state index contributed by atoms with van der Waals surface area (Å²) in [6.45, 7) is 2.10. The molecule has 0 unspecified atom stereocenters. The van der Waals surface area contributed by atoms with Gasteiger partial charge in [0.15, 0.2) is 0 Å². The van der Waals surface area contributed by atoms with Crippen molar-refractivity contribution < 1.29 is 17.6 Å². The van der Waals surface area contributed by atoms with Gasteiger partial charge in [-0.1, -0.05) is 0 Å². The first kappa shape index (κ1) is 15.5. The first-order chi connectivity index (χ1) is 10.9. The number of halogens is 1. The predicted molar refractivity (Wildman–Crippen MR) is 85.4 cm³/mol. The molecule has 0 saturated heterocycles. The van der Waals surface area contributed by atoms with Crippen molar-refractivity contribution in [2.75, 3.05) is 16.2 Å². The minimum Gasteiger partial charge on any atom is -0.312 e. The van der Waals surface area contributed by atoms with Crippen LogP contribution in [0.3, 0.4) is 0 Å². The Bertz CT molecular complexity index is 863. The number of sulfonamides is 1. The van der Waals surface area contributed by atoms with Gasteiger partial charge in [0.25, 0.3) is 10.0 Å². The molecule has 1 amide bonds. The van der Waals surface area contributed by atoms with Gasteiger partial charge in [-0.3, -0.25) is 9.52 Å². The number of amides is 1. The third-order valence-corrected chi connectivity index (χ3v) is 5.13. The molecule has 0 aromatic heterocycles. The highest BCUT2D eigenvalue weighted by molar-refractivity contribution is 7.92. The normalized spacial score (nSPS) is 13.7. The van der Waals surface area contributed by atoms with E-state index >= 15 is 0 Å². The largest absolute Gasteiger partial charge is 0.312 e. The van der Waals surface area contributed by atoms with Crippen LogP contribution >= 0.6 is 0 Å². The quantitative estimate of drug-likeness (QED) is 0.938. The number of benzene rings is 2. The Morgan fingerprint density at radius 3 is 2.52 bits per heavy atom. The molecule has 2 aromatic carbocycles. The topological polar surface area (TPSA) is 66.5 Å². The Kier molecular flexibility index (Phi) is 3.81. The zero-order valence-corrected chi connectivity index (χ0v) is 13.2. The molecule has 23 heavy (non-hydrogen) atoms. The molecule has 5 nitrogen and oxygen atoms in total. The van der Waals surface area contributed by atoms with Crippen molar-refractivity contribution in [3.63, 3.8) is 0 Å². The fourth-order valence-electron chi connectivity index (χ4n) is 2.62. The lowest BCUT2D eigenvalue weighted by Crippen LogP contribution is -2.25. The van der Waals surface area contributed by atoms with Crippen LogP contribution in [0.1, 0.15) is 12.5 Å². The third kappa shape index (κ3) is 3.05. The van der Waals surface area contributed by atoms with Crippen LogP contribution in [0.4, 0.5) is 15.8 Å². The van der Waals surface area contributed by atoms with Gasteiger partial charge in [0.2, 0.25) is 5.91 Å². The summed E-state index contributed by atoms with van der Waals surface area (Å²) in [6, 6.07) is 9.68. The maximum Gasteiger partial charge on any atom is 0.261 e. The molecule has 0 fully saturated rings. The van der Waals surface area contributed by atoms with Crippen molar-refractivity contribution in [3.05, 3.63) is 53.8 Å². The van der Waals surface area contributed by atoms with E-state index in [-0.39, 0.29) is 10.8 Å². The van der Waals surface area contributed by atoms with E-state index in [4.69, 9.17) is 0 Å². The van der Waals surface area contributed by atoms with Gasteiger partial charge in [-0.25, -0.2) is 12.8 Å². The summed E-state index contributed by atoms with van der Waals surface area (Å²) in [7, 11) is -3.77. The Morgan fingerprint density at radius 1 is 1.17 bits per heavy atom. The maximum atomic E-state index is 12.9. The second kappa shape index (κ2) is 5.66. The minimum atomic E-state index is -3.77. The van der Waals surface area contributed by atoms with Crippen LogP contribution in [0.2, 0.25) is 0 Å². The second-order valence-corrected chi connectivity index (χ2v) is 7.01. The third-order valence-electron chi connectivity index (χ3n) is 3.73. The summed E-state index contributed by atoms with van der Waals surface area (Å²) in [5.41, 5.74) is 2.14. The number of carbonyl (C=O) groups is 1. The van der Waals surface area contributed by atoms with E-state index in [9.17, 15) is 17.6 Å². The van der Waals surface area contributed by atoms with Crippen LogP contribution in [-0.2, 0) is 21.2 Å². The summed E-state index contributed by atoms with van der Waals surface area (Å²) in [6.07, 6.45) is 0.682. The van der Waals surface area contributed by atoms with E-state index in [0.717, 1.165) is 23.4 Å². The zero-order valence-electron chi connectivity index (χ0n) is 12.4. The van der Waals surface area contributed by atoms with E-state index in [0.29, 0.717) is 18.7 Å². The van der Waals surface area contributed by atoms with Gasteiger partial charge in [0, 0.05) is 24.8 Å². The Labute approximate surface area is 133 Å². The van der Waals surface area contributed by atoms with E-state index in [2.05, 4.69) is 4.72 Å². The molecule has 2 aromatic rings. The molecule has 7 heteroatoms. The monoisotopic (exact) mass is 334 g/mol. The smallest absolute Gasteiger partial charge is 0.261 e. The van der Waals surface area contributed by atoms with Crippen LogP contribution in [0.15, 0.2) is 47.4 Å². The standard InChI is InChI=1S/C16H15FN2O3S/c1-11(20)19-9-8-12-10-14(4-7-16(12)19)18-23(21,22)15-5-2-13(17)3-6-15/h2-7,10,18H,8-9H2,1H3. The van der Waals surface area contributed by atoms with Crippen molar-refractivity contribution in [3.8, 4) is 0 Å². The van der Waals surface area contributed by atoms with Gasteiger partial charge in [-0.05, 0) is 54.4 Å². The summed E-state index contributed by atoms with van der Waals surface area (Å²) < 4.78 is 40.0. The molecule has 0 saturated carbocycles. The van der Waals surface area contributed by atoms with Crippen molar-refractivity contribution in [1.29, 1.82) is 0 Å². The molecule has 0 spiro atoms. The first-order valence-corrected chi connectivity index (χ1v) is 8.54. The van der Waals surface area contributed by atoms with Gasteiger partial charge < -0.3 is 4.90 Å². The number of rotatable bonds is 3. The highest BCUT2D eigenvalue weighted by atomic mass is 32.2. The summed E-state index contributed by atoms with van der Waals surface area (Å²) in [5.74, 6) is -0.533. The van der Waals surface area contributed by atoms with Crippen molar-refractivity contribution in [2.24, 2.45) is 0 Å². The maximum absolute atomic E-state index is 12.9. The summed E-state index contributed by atoms with van der Waals surface area (Å²) >= 11 is 0. The fraction of sp³-hybridized carbons (Fsp3) is 0.188. The molecule has 1 aliphatic heterocycles. The number of fused-ring (bicyclic) bond motifs is 1. The Hall–Kier alpha value is -2.41. The van der Waals surface area contributed by atoms with Gasteiger partial charge in [-0.2, -0.15) is 0 Å². The van der Waals surface area contributed by atoms with E-state index in [1.54, 1.807) is 23.1 Å². The highest BCUT2D eigenvalue weighted by Gasteiger charge is 2.23. The summed E-state index contributed by atoms with van der Waals surface area (Å²) in [5, 5.41) is 0. The number of hydrogen-bond acceptors (Lipinski definition) is 3. The molecule has 120 valence electrons. The molecule has 1 aliphatic rings. The summed E-state index contributed by atoms with van der Waals surface area (Å²) in [4.78, 5) is 13.2. The van der Waals surface area contributed by atoms with Crippen LogP contribution in [0.5, 0.6) is 0 Å². The molecule has 3 rings (SSSR count). The van der Waals surface area contributed by atoms with Crippen LogP contribution in [0.25, 0.3) is 0 Å². The number of anilines is 2. The minimum absolute atomic E-state index is 0.00948. The number of nitrogens with one attached hydrogen (secondary N) is 1. The highest BCUT2D eigenvalue weighted by Crippen LogP contribution is 2.31. The van der Waals surface area contributed by atoms with E-state index < -0.39 is 15.8 Å². The number of nitrogens with zero attached hydrogens (tertiary/aromatic N) is 1. The average Bonchev–Trinajstić information content (AvgIpc) is 2.90. The molecule has 0 atom stereocenters. The average molecular weight is 334 g/mol. The van der Waals surface area contributed by atoms with Crippen molar-refractivity contribution >= 4 is 27.3 Å². The lowest BCUT2D eigenvalue weighted by molar-refractivity contribution is -0.116. The Morgan fingerprint density at radius 2 is 1.87 bits per heavy atom. The molecule has 1 N–H and O–H groups in total. The molecular weight excluding hydrogens is 319 g/mol. The van der Waals surface area contributed by atoms with Crippen LogP contribution in [0, 0.1) is 5.82 Å². The Balaban J connectivity index is 1.87. The molecule has 0 radical (unpaired) electrons. The van der Waals surface area contributed by atoms with Crippen LogP contribution in [-0.4, -0.2) is 20.9 Å².